The van der Waals surface area contributed by atoms with E-state index < -0.39 is 29.6 Å². The Bertz CT molecular complexity index is 618. The first-order chi connectivity index (χ1) is 9.46. The number of anilines is 1. The molecule has 2 nitrogen and oxygen atoms in total. The van der Waals surface area contributed by atoms with Crippen molar-refractivity contribution in [1.29, 1.82) is 0 Å². The fourth-order valence-corrected chi connectivity index (χ4v) is 1.99. The molecule has 0 spiro atoms. The van der Waals surface area contributed by atoms with Gasteiger partial charge in [0, 0.05) is 11.6 Å². The Labute approximate surface area is 114 Å². The summed E-state index contributed by atoms with van der Waals surface area (Å²) in [5.41, 5.74) is -1.07. The Hall–Kier alpha value is -2.01. The second kappa shape index (κ2) is 5.54. The summed E-state index contributed by atoms with van der Waals surface area (Å²) in [5, 5.41) is 12.3. The zero-order valence-corrected chi connectivity index (χ0v) is 10.8. The lowest BCUT2D eigenvalue weighted by atomic mass is 9.91. The van der Waals surface area contributed by atoms with Gasteiger partial charge in [-0.15, -0.1) is 0 Å². The zero-order chi connectivity index (χ0) is 14.8. The molecular formula is C15H14F3NO. The minimum atomic E-state index is -1.26. The van der Waals surface area contributed by atoms with Crippen LogP contribution in [-0.2, 0) is 5.54 Å². The number of nitrogens with one attached hydrogen (secondary N) is 1. The van der Waals surface area contributed by atoms with E-state index in [0.717, 1.165) is 12.1 Å². The topological polar surface area (TPSA) is 32.3 Å². The van der Waals surface area contributed by atoms with Crippen molar-refractivity contribution in [1.82, 2.24) is 0 Å². The Balaban J connectivity index is 2.41. The molecule has 0 aromatic heterocycles. The van der Waals surface area contributed by atoms with Crippen molar-refractivity contribution in [3.63, 3.8) is 0 Å². The molecule has 0 amide bonds. The van der Waals surface area contributed by atoms with Gasteiger partial charge in [-0.2, -0.15) is 0 Å². The third-order valence-corrected chi connectivity index (χ3v) is 3.13. The highest BCUT2D eigenvalue weighted by Gasteiger charge is 2.29. The number of aliphatic hydroxyl groups excluding tert-OH is 1. The molecule has 0 aliphatic rings. The number of benzene rings is 2. The molecule has 1 unspecified atom stereocenters. The van der Waals surface area contributed by atoms with Crippen LogP contribution in [0, 0.1) is 17.5 Å². The summed E-state index contributed by atoms with van der Waals surface area (Å²) in [6.45, 7) is 1.03. The average molecular weight is 281 g/mol. The van der Waals surface area contributed by atoms with Crippen molar-refractivity contribution < 1.29 is 18.3 Å². The van der Waals surface area contributed by atoms with E-state index in [-0.39, 0.29) is 11.3 Å². The van der Waals surface area contributed by atoms with Crippen LogP contribution in [0.3, 0.4) is 0 Å². The first kappa shape index (κ1) is 14.4. The van der Waals surface area contributed by atoms with E-state index >= 15 is 0 Å². The van der Waals surface area contributed by atoms with Crippen LogP contribution in [0.25, 0.3) is 0 Å². The van der Waals surface area contributed by atoms with E-state index in [1.54, 1.807) is 6.07 Å². The maximum absolute atomic E-state index is 13.9. The van der Waals surface area contributed by atoms with E-state index in [4.69, 9.17) is 0 Å². The maximum Gasteiger partial charge on any atom is 0.146 e. The monoisotopic (exact) mass is 281 g/mol. The molecular weight excluding hydrogens is 267 g/mol. The number of rotatable bonds is 4. The summed E-state index contributed by atoms with van der Waals surface area (Å²) in [4.78, 5) is 0. The molecule has 20 heavy (non-hydrogen) atoms. The number of hydrogen-bond acceptors (Lipinski definition) is 2. The summed E-state index contributed by atoms with van der Waals surface area (Å²) in [6, 6.07) is 8.92. The van der Waals surface area contributed by atoms with Gasteiger partial charge in [0.2, 0.25) is 0 Å². The number of hydrogen-bond donors (Lipinski definition) is 2. The van der Waals surface area contributed by atoms with Crippen molar-refractivity contribution in [2.75, 3.05) is 11.9 Å². The number of aliphatic hydroxyl groups is 1. The SMILES string of the molecule is CC(CO)(Nc1ccccc1F)c1ccc(F)cc1F. The van der Waals surface area contributed by atoms with E-state index in [2.05, 4.69) is 5.32 Å². The third-order valence-electron chi connectivity index (χ3n) is 3.13. The fraction of sp³-hybridized carbons (Fsp3) is 0.200. The highest BCUT2D eigenvalue weighted by Crippen LogP contribution is 2.29. The zero-order valence-electron chi connectivity index (χ0n) is 10.8. The lowest BCUT2D eigenvalue weighted by Gasteiger charge is -2.31. The van der Waals surface area contributed by atoms with E-state index in [1.807, 2.05) is 0 Å². The van der Waals surface area contributed by atoms with Gasteiger partial charge in [-0.1, -0.05) is 18.2 Å². The third kappa shape index (κ3) is 2.77. The first-order valence-corrected chi connectivity index (χ1v) is 6.05. The van der Waals surface area contributed by atoms with Crippen LogP contribution in [0.5, 0.6) is 0 Å². The normalized spacial score (nSPS) is 13.8. The molecule has 2 rings (SSSR count). The van der Waals surface area contributed by atoms with Gasteiger partial charge in [-0.05, 0) is 25.1 Å². The van der Waals surface area contributed by atoms with Gasteiger partial charge >= 0.3 is 0 Å². The Morgan fingerprint density at radius 1 is 1.05 bits per heavy atom. The van der Waals surface area contributed by atoms with E-state index in [0.29, 0.717) is 0 Å². The number of para-hydroxylation sites is 1. The Morgan fingerprint density at radius 3 is 2.35 bits per heavy atom. The van der Waals surface area contributed by atoms with Gasteiger partial charge in [0.1, 0.15) is 17.5 Å². The summed E-state index contributed by atoms with van der Waals surface area (Å²) in [5.74, 6) is -2.03. The number of halogens is 3. The highest BCUT2D eigenvalue weighted by molar-refractivity contribution is 5.49. The molecule has 0 heterocycles. The lowest BCUT2D eigenvalue weighted by Crippen LogP contribution is -2.37. The fourth-order valence-electron chi connectivity index (χ4n) is 1.99. The summed E-state index contributed by atoms with van der Waals surface area (Å²) in [7, 11) is 0. The molecule has 0 saturated heterocycles. The molecule has 1 atom stereocenters. The van der Waals surface area contributed by atoms with Crippen molar-refractivity contribution in [3.8, 4) is 0 Å². The minimum absolute atomic E-state index is 0.0599. The van der Waals surface area contributed by atoms with Gasteiger partial charge in [0.25, 0.3) is 0 Å². The molecule has 2 N–H and O–H groups in total. The van der Waals surface area contributed by atoms with Gasteiger partial charge in [0.15, 0.2) is 0 Å². The molecule has 0 saturated carbocycles. The Morgan fingerprint density at radius 2 is 1.75 bits per heavy atom. The molecule has 0 fully saturated rings. The first-order valence-electron chi connectivity index (χ1n) is 6.05. The van der Waals surface area contributed by atoms with Crippen LogP contribution >= 0.6 is 0 Å². The summed E-state index contributed by atoms with van der Waals surface area (Å²) in [6.07, 6.45) is 0. The molecule has 2 aromatic rings. The van der Waals surface area contributed by atoms with Crippen molar-refractivity contribution >= 4 is 5.69 Å². The average Bonchev–Trinajstić information content (AvgIpc) is 2.41. The molecule has 0 aliphatic heterocycles. The highest BCUT2D eigenvalue weighted by atomic mass is 19.1. The minimum Gasteiger partial charge on any atom is -0.394 e. The van der Waals surface area contributed by atoms with E-state index in [9.17, 15) is 18.3 Å². The Kier molecular flexibility index (Phi) is 3.99. The maximum atomic E-state index is 13.9. The smallest absolute Gasteiger partial charge is 0.146 e. The summed E-state index contributed by atoms with van der Waals surface area (Å²) < 4.78 is 40.4. The van der Waals surface area contributed by atoms with Gasteiger partial charge in [0.05, 0.1) is 17.8 Å². The van der Waals surface area contributed by atoms with Crippen molar-refractivity contribution in [2.24, 2.45) is 0 Å². The molecule has 5 heteroatoms. The molecule has 0 radical (unpaired) electrons. The molecule has 0 bridgehead atoms. The van der Waals surface area contributed by atoms with Crippen LogP contribution in [-0.4, -0.2) is 11.7 Å². The van der Waals surface area contributed by atoms with E-state index in [1.165, 1.54) is 31.2 Å². The summed E-state index contributed by atoms with van der Waals surface area (Å²) >= 11 is 0. The predicted molar refractivity (Wildman–Crippen MR) is 70.8 cm³/mol. The lowest BCUT2D eigenvalue weighted by molar-refractivity contribution is 0.220. The molecule has 0 aliphatic carbocycles. The quantitative estimate of drug-likeness (QED) is 0.900. The molecule has 106 valence electrons. The van der Waals surface area contributed by atoms with Crippen LogP contribution in [0.1, 0.15) is 12.5 Å². The predicted octanol–water partition coefficient (Wildman–Crippen LogP) is 3.42. The van der Waals surface area contributed by atoms with Crippen LogP contribution in [0.15, 0.2) is 42.5 Å². The molecule has 2 aromatic carbocycles. The van der Waals surface area contributed by atoms with Crippen LogP contribution in [0.2, 0.25) is 0 Å². The second-order valence-electron chi connectivity index (χ2n) is 4.72. The van der Waals surface area contributed by atoms with Gasteiger partial charge in [-0.25, -0.2) is 13.2 Å². The van der Waals surface area contributed by atoms with Gasteiger partial charge in [-0.3, -0.25) is 0 Å². The van der Waals surface area contributed by atoms with Gasteiger partial charge < -0.3 is 10.4 Å². The standard InChI is InChI=1S/C15H14F3NO/c1-15(9-20,11-7-6-10(16)8-13(11)18)19-14-5-3-2-4-12(14)17/h2-8,19-20H,9H2,1H3. The largest absolute Gasteiger partial charge is 0.394 e. The van der Waals surface area contributed by atoms with Crippen LogP contribution in [0.4, 0.5) is 18.9 Å². The van der Waals surface area contributed by atoms with Crippen molar-refractivity contribution in [3.05, 3.63) is 65.5 Å². The second-order valence-corrected chi connectivity index (χ2v) is 4.72. The van der Waals surface area contributed by atoms with Crippen LogP contribution < -0.4 is 5.32 Å². The van der Waals surface area contributed by atoms with Crippen molar-refractivity contribution in [2.45, 2.75) is 12.5 Å².